The molecule has 2 N–H and O–H groups in total. The van der Waals surface area contributed by atoms with Crippen LogP contribution in [0.5, 0.6) is 0 Å². The lowest BCUT2D eigenvalue weighted by molar-refractivity contribution is -0.213. The van der Waals surface area contributed by atoms with E-state index in [0.717, 1.165) is 19.3 Å². The summed E-state index contributed by atoms with van der Waals surface area (Å²) in [5.74, 6) is 1.10. The average molecular weight is 199 g/mol. The predicted octanol–water partition coefficient (Wildman–Crippen LogP) is 0.618. The summed E-state index contributed by atoms with van der Waals surface area (Å²) in [5.41, 5.74) is 2.78. The number of hydroxylamine groups is 1. The third-order valence-corrected chi connectivity index (χ3v) is 4.23. The normalized spacial score (nSPS) is 57.0. The van der Waals surface area contributed by atoms with Gasteiger partial charge in [-0.15, -0.1) is 0 Å². The number of hydrogen-bond donors (Lipinski definition) is 2. The van der Waals surface area contributed by atoms with Crippen LogP contribution >= 0.6 is 0 Å². The van der Waals surface area contributed by atoms with Crippen LogP contribution in [-0.2, 0) is 9.57 Å². The van der Waals surface area contributed by atoms with Crippen molar-refractivity contribution in [2.24, 2.45) is 17.8 Å². The first-order valence-electron chi connectivity index (χ1n) is 5.43. The minimum absolute atomic E-state index is 0.151. The summed E-state index contributed by atoms with van der Waals surface area (Å²) >= 11 is 0. The van der Waals surface area contributed by atoms with E-state index in [-0.39, 0.29) is 6.10 Å². The second-order valence-electron chi connectivity index (χ2n) is 4.94. The van der Waals surface area contributed by atoms with Gasteiger partial charge >= 0.3 is 0 Å². The van der Waals surface area contributed by atoms with Gasteiger partial charge in [-0.05, 0) is 24.2 Å². The van der Waals surface area contributed by atoms with E-state index in [1.54, 1.807) is 0 Å². The lowest BCUT2D eigenvalue weighted by Gasteiger charge is -2.38. The number of ether oxygens (including phenoxy) is 1. The van der Waals surface area contributed by atoms with Crippen molar-refractivity contribution in [2.75, 3.05) is 6.73 Å². The molecule has 1 spiro atoms. The fourth-order valence-corrected chi connectivity index (χ4v) is 3.39. The Bertz CT molecular complexity index is 240. The van der Waals surface area contributed by atoms with Gasteiger partial charge in [-0.1, -0.05) is 6.92 Å². The summed E-state index contributed by atoms with van der Waals surface area (Å²) in [7, 11) is 0. The number of rotatable bonds is 0. The first kappa shape index (κ1) is 9.09. The van der Waals surface area contributed by atoms with Gasteiger partial charge in [-0.3, -0.25) is 4.84 Å². The summed E-state index contributed by atoms with van der Waals surface area (Å²) in [4.78, 5) is 5.48. The quantitative estimate of drug-likeness (QED) is 0.600. The van der Waals surface area contributed by atoms with Gasteiger partial charge in [-0.25, -0.2) is 0 Å². The Balaban J connectivity index is 1.84. The topological polar surface area (TPSA) is 50.7 Å². The van der Waals surface area contributed by atoms with Crippen LogP contribution in [-0.4, -0.2) is 23.7 Å². The van der Waals surface area contributed by atoms with Crippen molar-refractivity contribution < 1.29 is 14.7 Å². The van der Waals surface area contributed by atoms with Crippen molar-refractivity contribution >= 4 is 0 Å². The molecule has 0 aromatic carbocycles. The third-order valence-electron chi connectivity index (χ3n) is 4.23. The Morgan fingerprint density at radius 3 is 2.93 bits per heavy atom. The molecule has 0 amide bonds. The van der Waals surface area contributed by atoms with Crippen molar-refractivity contribution in [3.63, 3.8) is 0 Å². The SMILES string of the molecule is CC1C2CC(O)C1CC1(C2)OCNO1. The van der Waals surface area contributed by atoms with E-state index in [2.05, 4.69) is 12.4 Å². The molecule has 0 radical (unpaired) electrons. The van der Waals surface area contributed by atoms with Gasteiger partial charge in [0.2, 0.25) is 0 Å². The molecular weight excluding hydrogens is 182 g/mol. The molecule has 14 heavy (non-hydrogen) atoms. The molecular formula is C10H17NO3. The largest absolute Gasteiger partial charge is 0.393 e. The molecule has 1 heterocycles. The Hall–Kier alpha value is -0.160. The number of hydrogen-bond acceptors (Lipinski definition) is 4. The fraction of sp³-hybridized carbons (Fsp3) is 1.00. The molecule has 0 aromatic heterocycles. The second-order valence-corrected chi connectivity index (χ2v) is 4.94. The molecule has 1 saturated heterocycles. The third kappa shape index (κ3) is 1.15. The smallest absolute Gasteiger partial charge is 0.189 e. The zero-order valence-electron chi connectivity index (χ0n) is 8.40. The second kappa shape index (κ2) is 2.92. The fourth-order valence-electron chi connectivity index (χ4n) is 3.39. The molecule has 80 valence electrons. The van der Waals surface area contributed by atoms with E-state index in [0.29, 0.717) is 24.5 Å². The van der Waals surface area contributed by atoms with Crippen molar-refractivity contribution in [2.45, 2.75) is 38.1 Å². The molecule has 2 bridgehead atoms. The molecule has 0 aromatic rings. The van der Waals surface area contributed by atoms with E-state index >= 15 is 0 Å². The lowest BCUT2D eigenvalue weighted by atomic mass is 9.76. The minimum Gasteiger partial charge on any atom is -0.393 e. The van der Waals surface area contributed by atoms with Crippen LogP contribution in [0.1, 0.15) is 26.2 Å². The first-order chi connectivity index (χ1) is 6.70. The Morgan fingerprint density at radius 2 is 2.29 bits per heavy atom. The van der Waals surface area contributed by atoms with Gasteiger partial charge in [0.15, 0.2) is 5.79 Å². The zero-order valence-corrected chi connectivity index (χ0v) is 8.40. The van der Waals surface area contributed by atoms with Gasteiger partial charge in [0, 0.05) is 12.8 Å². The van der Waals surface area contributed by atoms with Gasteiger partial charge in [0.1, 0.15) is 6.73 Å². The maximum absolute atomic E-state index is 9.88. The molecule has 3 fully saturated rings. The van der Waals surface area contributed by atoms with Crippen LogP contribution in [0.25, 0.3) is 0 Å². The highest BCUT2D eigenvalue weighted by Gasteiger charge is 2.54. The Kier molecular flexibility index (Phi) is 1.89. The molecule has 3 rings (SSSR count). The van der Waals surface area contributed by atoms with Gasteiger partial charge in [0.25, 0.3) is 0 Å². The molecule has 1 aliphatic heterocycles. The summed E-state index contributed by atoms with van der Waals surface area (Å²) in [5, 5.41) is 9.88. The lowest BCUT2D eigenvalue weighted by Crippen LogP contribution is -2.42. The van der Waals surface area contributed by atoms with Crippen molar-refractivity contribution in [1.82, 2.24) is 5.48 Å². The average Bonchev–Trinajstić information content (AvgIpc) is 2.63. The van der Waals surface area contributed by atoms with Gasteiger partial charge in [0.05, 0.1) is 6.10 Å². The minimum atomic E-state index is -0.431. The Labute approximate surface area is 83.5 Å². The van der Waals surface area contributed by atoms with Gasteiger partial charge < -0.3 is 9.84 Å². The summed E-state index contributed by atoms with van der Waals surface area (Å²) in [6, 6.07) is 0. The van der Waals surface area contributed by atoms with Crippen LogP contribution < -0.4 is 5.48 Å². The highest BCUT2D eigenvalue weighted by atomic mass is 16.8. The molecule has 4 nitrogen and oxygen atoms in total. The van der Waals surface area contributed by atoms with E-state index < -0.39 is 5.79 Å². The van der Waals surface area contributed by atoms with Gasteiger partial charge in [-0.2, -0.15) is 5.48 Å². The van der Waals surface area contributed by atoms with E-state index in [1.165, 1.54) is 0 Å². The summed E-state index contributed by atoms with van der Waals surface area (Å²) < 4.78 is 5.61. The summed E-state index contributed by atoms with van der Waals surface area (Å²) in [6.45, 7) is 2.71. The highest BCUT2D eigenvalue weighted by molar-refractivity contribution is 4.99. The molecule has 2 aliphatic carbocycles. The van der Waals surface area contributed by atoms with Crippen LogP contribution in [0.4, 0.5) is 0 Å². The van der Waals surface area contributed by atoms with Crippen LogP contribution in [0.2, 0.25) is 0 Å². The number of fused-ring (bicyclic) bond motifs is 2. The predicted molar refractivity (Wildman–Crippen MR) is 48.9 cm³/mol. The Morgan fingerprint density at radius 1 is 1.43 bits per heavy atom. The van der Waals surface area contributed by atoms with Crippen LogP contribution in [0, 0.1) is 17.8 Å². The number of nitrogens with one attached hydrogen (secondary N) is 1. The van der Waals surface area contributed by atoms with E-state index in [9.17, 15) is 5.11 Å². The standard InChI is InChI=1S/C10H17NO3/c1-6-7-2-9(12)8(6)4-10(3-7)13-5-11-14-10/h6-9,11-12H,2-5H2,1H3. The molecule has 3 aliphatic rings. The maximum Gasteiger partial charge on any atom is 0.189 e. The van der Waals surface area contributed by atoms with Crippen molar-refractivity contribution in [1.29, 1.82) is 0 Å². The van der Waals surface area contributed by atoms with Crippen LogP contribution in [0.15, 0.2) is 0 Å². The van der Waals surface area contributed by atoms with Crippen molar-refractivity contribution in [3.05, 3.63) is 0 Å². The van der Waals surface area contributed by atoms with E-state index in [1.807, 2.05) is 0 Å². The maximum atomic E-state index is 9.88. The number of aliphatic hydroxyl groups is 1. The monoisotopic (exact) mass is 199 g/mol. The first-order valence-corrected chi connectivity index (χ1v) is 5.43. The highest BCUT2D eigenvalue weighted by Crippen LogP contribution is 2.52. The molecule has 2 saturated carbocycles. The molecule has 4 heteroatoms. The number of aliphatic hydroxyl groups excluding tert-OH is 1. The molecule has 5 unspecified atom stereocenters. The zero-order chi connectivity index (χ0) is 9.76. The molecule has 5 atom stereocenters. The van der Waals surface area contributed by atoms with Crippen molar-refractivity contribution in [3.8, 4) is 0 Å². The van der Waals surface area contributed by atoms with E-state index in [4.69, 9.17) is 9.57 Å². The van der Waals surface area contributed by atoms with Crippen LogP contribution in [0.3, 0.4) is 0 Å². The summed E-state index contributed by atoms with van der Waals surface area (Å²) in [6.07, 6.45) is 2.52.